The fourth-order valence-corrected chi connectivity index (χ4v) is 4.56. The maximum Gasteiger partial charge on any atom is 0.258 e. The molecule has 2 heterocycles. The van der Waals surface area contributed by atoms with Gasteiger partial charge in [-0.15, -0.1) is 0 Å². The molecule has 0 atom stereocenters. The minimum Gasteiger partial charge on any atom is -0.486 e. The van der Waals surface area contributed by atoms with Crippen molar-refractivity contribution in [2.75, 3.05) is 19.7 Å². The number of piperidine rings is 1. The van der Waals surface area contributed by atoms with E-state index in [2.05, 4.69) is 5.32 Å². The SMILES string of the molecule is CC(=O)N1CCC2(CC1)CC(=O)c1ccc(OCC(=O)NC3CCCC3)cc1O2. The van der Waals surface area contributed by atoms with Gasteiger partial charge in [-0.3, -0.25) is 14.4 Å². The van der Waals surface area contributed by atoms with E-state index in [1.54, 1.807) is 30.0 Å². The highest BCUT2D eigenvalue weighted by molar-refractivity contribution is 6.00. The van der Waals surface area contributed by atoms with Crippen LogP contribution >= 0.6 is 0 Å². The van der Waals surface area contributed by atoms with Gasteiger partial charge in [-0.05, 0) is 25.0 Å². The Bertz CT molecular complexity index is 807. The summed E-state index contributed by atoms with van der Waals surface area (Å²) in [6.07, 6.45) is 5.98. The Morgan fingerprint density at radius 1 is 1.24 bits per heavy atom. The summed E-state index contributed by atoms with van der Waals surface area (Å²) in [5.74, 6) is 0.990. The van der Waals surface area contributed by atoms with E-state index in [0.717, 1.165) is 25.7 Å². The molecule has 1 N–H and O–H groups in total. The average Bonchev–Trinajstić information content (AvgIpc) is 3.19. The van der Waals surface area contributed by atoms with Crippen molar-refractivity contribution in [3.05, 3.63) is 23.8 Å². The molecule has 2 amide bonds. The summed E-state index contributed by atoms with van der Waals surface area (Å²) >= 11 is 0. The Morgan fingerprint density at radius 3 is 2.66 bits per heavy atom. The molecule has 29 heavy (non-hydrogen) atoms. The molecule has 0 bridgehead atoms. The fourth-order valence-electron chi connectivity index (χ4n) is 4.56. The van der Waals surface area contributed by atoms with Gasteiger partial charge >= 0.3 is 0 Å². The van der Waals surface area contributed by atoms with Crippen molar-refractivity contribution in [3.8, 4) is 11.5 Å². The number of rotatable bonds is 4. The Balaban J connectivity index is 1.39. The third kappa shape index (κ3) is 4.38. The zero-order chi connectivity index (χ0) is 20.4. The summed E-state index contributed by atoms with van der Waals surface area (Å²) in [7, 11) is 0. The summed E-state index contributed by atoms with van der Waals surface area (Å²) in [6.45, 7) is 2.69. The second-order valence-corrected chi connectivity index (χ2v) is 8.39. The molecule has 1 spiro atoms. The maximum absolute atomic E-state index is 12.7. The van der Waals surface area contributed by atoms with E-state index in [4.69, 9.17) is 9.47 Å². The van der Waals surface area contributed by atoms with E-state index in [1.807, 2.05) is 0 Å². The molecule has 4 rings (SSSR count). The number of carbonyl (C=O) groups is 3. The third-order valence-electron chi connectivity index (χ3n) is 6.27. The monoisotopic (exact) mass is 400 g/mol. The van der Waals surface area contributed by atoms with Crippen LogP contribution in [0.3, 0.4) is 0 Å². The van der Waals surface area contributed by atoms with E-state index < -0.39 is 5.60 Å². The summed E-state index contributed by atoms with van der Waals surface area (Å²) in [6, 6.07) is 5.38. The van der Waals surface area contributed by atoms with Gasteiger partial charge in [-0.1, -0.05) is 12.8 Å². The van der Waals surface area contributed by atoms with Gasteiger partial charge in [-0.2, -0.15) is 0 Å². The molecule has 7 nitrogen and oxygen atoms in total. The van der Waals surface area contributed by atoms with Gasteiger partial charge < -0.3 is 19.7 Å². The van der Waals surface area contributed by atoms with Gasteiger partial charge in [0.1, 0.15) is 17.1 Å². The van der Waals surface area contributed by atoms with Crippen molar-refractivity contribution in [2.24, 2.45) is 0 Å². The summed E-state index contributed by atoms with van der Waals surface area (Å²) in [4.78, 5) is 38.1. The molecule has 1 saturated carbocycles. The largest absolute Gasteiger partial charge is 0.486 e. The minimum absolute atomic E-state index is 0.0491. The van der Waals surface area contributed by atoms with Crippen LogP contribution in [-0.4, -0.2) is 53.8 Å². The number of carbonyl (C=O) groups excluding carboxylic acids is 3. The van der Waals surface area contributed by atoms with Crippen LogP contribution in [0.15, 0.2) is 18.2 Å². The first-order valence-corrected chi connectivity index (χ1v) is 10.5. The quantitative estimate of drug-likeness (QED) is 0.839. The fraction of sp³-hybridized carbons (Fsp3) is 0.591. The molecule has 7 heteroatoms. The Morgan fingerprint density at radius 2 is 1.97 bits per heavy atom. The molecule has 1 aliphatic carbocycles. The van der Waals surface area contributed by atoms with Gasteiger partial charge in [0.25, 0.3) is 5.91 Å². The van der Waals surface area contributed by atoms with Gasteiger partial charge in [0.15, 0.2) is 12.4 Å². The van der Waals surface area contributed by atoms with Gasteiger partial charge in [0.2, 0.25) is 5.91 Å². The molecule has 2 fully saturated rings. The van der Waals surface area contributed by atoms with Crippen molar-refractivity contribution in [3.63, 3.8) is 0 Å². The molecule has 1 aromatic rings. The number of benzene rings is 1. The van der Waals surface area contributed by atoms with Crippen LogP contribution in [0.5, 0.6) is 11.5 Å². The molecular formula is C22H28N2O5. The van der Waals surface area contributed by atoms with E-state index in [0.29, 0.717) is 49.4 Å². The highest BCUT2D eigenvalue weighted by Crippen LogP contribution is 2.40. The lowest BCUT2D eigenvalue weighted by atomic mass is 9.82. The molecule has 0 aromatic heterocycles. The van der Waals surface area contributed by atoms with E-state index in [-0.39, 0.29) is 30.2 Å². The van der Waals surface area contributed by atoms with Crippen molar-refractivity contribution in [2.45, 2.75) is 63.5 Å². The molecule has 2 aliphatic heterocycles. The van der Waals surface area contributed by atoms with Gasteiger partial charge in [-0.25, -0.2) is 0 Å². The summed E-state index contributed by atoms with van der Waals surface area (Å²) in [5.41, 5.74) is -0.0125. The van der Waals surface area contributed by atoms with Gasteiger partial charge in [0.05, 0.1) is 12.0 Å². The first kappa shape index (κ1) is 19.7. The molecule has 156 valence electrons. The average molecular weight is 400 g/mol. The van der Waals surface area contributed by atoms with Crippen molar-refractivity contribution < 1.29 is 23.9 Å². The lowest BCUT2D eigenvalue weighted by Gasteiger charge is -2.43. The Kier molecular flexibility index (Phi) is 5.48. The van der Waals surface area contributed by atoms with E-state index >= 15 is 0 Å². The van der Waals surface area contributed by atoms with E-state index in [9.17, 15) is 14.4 Å². The second-order valence-electron chi connectivity index (χ2n) is 8.39. The van der Waals surface area contributed by atoms with Crippen LogP contribution < -0.4 is 14.8 Å². The number of likely N-dealkylation sites (tertiary alicyclic amines) is 1. The molecule has 1 saturated heterocycles. The van der Waals surface area contributed by atoms with Crippen molar-refractivity contribution in [1.29, 1.82) is 0 Å². The van der Waals surface area contributed by atoms with Crippen molar-refractivity contribution >= 4 is 17.6 Å². The summed E-state index contributed by atoms with van der Waals surface area (Å²) in [5, 5.41) is 3.00. The first-order valence-electron chi connectivity index (χ1n) is 10.5. The number of hydrogen-bond donors (Lipinski definition) is 1. The lowest BCUT2D eigenvalue weighted by molar-refractivity contribution is -0.132. The number of Topliss-reactive ketones (excluding diaryl/α,β-unsaturated/α-hetero) is 1. The Labute approximate surface area is 170 Å². The first-order chi connectivity index (χ1) is 13.9. The topological polar surface area (TPSA) is 84.9 Å². The van der Waals surface area contributed by atoms with Crippen LogP contribution in [0.1, 0.15) is 62.2 Å². The lowest BCUT2D eigenvalue weighted by Crippen LogP contribution is -2.51. The highest BCUT2D eigenvalue weighted by Gasteiger charge is 2.43. The number of nitrogens with one attached hydrogen (secondary N) is 1. The molecule has 3 aliphatic rings. The zero-order valence-electron chi connectivity index (χ0n) is 16.9. The third-order valence-corrected chi connectivity index (χ3v) is 6.27. The van der Waals surface area contributed by atoms with Crippen LogP contribution in [0.4, 0.5) is 0 Å². The number of fused-ring (bicyclic) bond motifs is 1. The number of ketones is 1. The normalized spacial score (nSPS) is 20.9. The van der Waals surface area contributed by atoms with Gasteiger partial charge in [0, 0.05) is 45.0 Å². The maximum atomic E-state index is 12.7. The zero-order valence-corrected chi connectivity index (χ0v) is 16.9. The van der Waals surface area contributed by atoms with Crippen LogP contribution in [0.25, 0.3) is 0 Å². The smallest absolute Gasteiger partial charge is 0.258 e. The molecule has 1 aromatic carbocycles. The second kappa shape index (κ2) is 8.05. The highest BCUT2D eigenvalue weighted by atomic mass is 16.5. The predicted octanol–water partition coefficient (Wildman–Crippen LogP) is 2.47. The predicted molar refractivity (Wildman–Crippen MR) is 106 cm³/mol. The minimum atomic E-state index is -0.561. The Hall–Kier alpha value is -2.57. The van der Waals surface area contributed by atoms with E-state index in [1.165, 1.54) is 0 Å². The number of nitrogens with zero attached hydrogens (tertiary/aromatic N) is 1. The van der Waals surface area contributed by atoms with Crippen molar-refractivity contribution in [1.82, 2.24) is 10.2 Å². The number of amides is 2. The van der Waals surface area contributed by atoms with Crippen LogP contribution in [0, 0.1) is 0 Å². The number of ether oxygens (including phenoxy) is 2. The van der Waals surface area contributed by atoms with Crippen LogP contribution in [0.2, 0.25) is 0 Å². The molecular weight excluding hydrogens is 372 g/mol. The summed E-state index contributed by atoms with van der Waals surface area (Å²) < 4.78 is 11.9. The molecule has 0 unspecified atom stereocenters. The van der Waals surface area contributed by atoms with Crippen LogP contribution in [-0.2, 0) is 9.59 Å². The standard InChI is InChI=1S/C22H28N2O5/c1-15(25)24-10-8-22(9-11-24)13-19(26)18-7-6-17(12-20(18)29-22)28-14-21(27)23-16-4-2-3-5-16/h6-7,12,16H,2-5,8-11,13-14H2,1H3,(H,23,27). The molecule has 0 radical (unpaired) electrons. The number of hydrogen-bond acceptors (Lipinski definition) is 5.